The van der Waals surface area contributed by atoms with Gasteiger partial charge in [-0.3, -0.25) is 0 Å². The molecule has 3 heterocycles. The Hall–Kier alpha value is -4.65. The van der Waals surface area contributed by atoms with E-state index in [4.69, 9.17) is 5.10 Å². The van der Waals surface area contributed by atoms with E-state index in [1.807, 2.05) is 85.4 Å². The lowest BCUT2D eigenvalue weighted by Gasteiger charge is -2.31. The van der Waals surface area contributed by atoms with E-state index in [2.05, 4.69) is 16.0 Å². The summed E-state index contributed by atoms with van der Waals surface area (Å²) in [5, 5.41) is 7.67. The van der Waals surface area contributed by atoms with Gasteiger partial charge in [0.1, 0.15) is 11.6 Å². The van der Waals surface area contributed by atoms with Crippen LogP contribution in [0.25, 0.3) is 11.5 Å². The van der Waals surface area contributed by atoms with Gasteiger partial charge in [0.2, 0.25) is 0 Å². The van der Waals surface area contributed by atoms with Gasteiger partial charge in [-0.25, -0.2) is 13.9 Å². The maximum atomic E-state index is 14.5. The van der Waals surface area contributed by atoms with E-state index >= 15 is 0 Å². The second-order valence-electron chi connectivity index (χ2n) is 9.29. The van der Waals surface area contributed by atoms with Crippen LogP contribution in [0.1, 0.15) is 34.1 Å². The van der Waals surface area contributed by atoms with Crippen LogP contribution in [0.4, 0.5) is 14.9 Å². The number of halogens is 1. The van der Waals surface area contributed by atoms with Crippen LogP contribution in [0.2, 0.25) is 0 Å². The van der Waals surface area contributed by atoms with Crippen molar-refractivity contribution in [2.24, 2.45) is 0 Å². The Morgan fingerprint density at radius 3 is 2.51 bits per heavy atom. The smallest absolute Gasteiger partial charge is 0.307 e. The molecule has 0 spiro atoms. The van der Waals surface area contributed by atoms with Crippen molar-refractivity contribution in [3.63, 3.8) is 0 Å². The van der Waals surface area contributed by atoms with E-state index in [0.29, 0.717) is 6.54 Å². The number of fused-ring (bicyclic) bond motifs is 3. The Morgan fingerprint density at radius 2 is 1.73 bits per heavy atom. The standard InChI is InChI=1S/C30H26FN5O/c1-20-10-8-11-22(18-20)28-27-16-9-17-34(27)29-24(21(2)33-36(29)23-12-4-3-5-13-23)19-35(28)30(37)32-26-15-7-6-14-25(26)31/h3-18,28H,19H2,1-2H3,(H,32,37). The van der Waals surface area contributed by atoms with Gasteiger partial charge in [0.15, 0.2) is 0 Å². The first kappa shape index (κ1) is 22.8. The summed E-state index contributed by atoms with van der Waals surface area (Å²) in [6, 6.07) is 27.6. The SMILES string of the molecule is Cc1cccc(C2c3cccn3-c3c(c(C)nn3-c3ccccc3)CN2C(=O)Nc2ccccc2F)c1. The Morgan fingerprint density at radius 1 is 0.946 bits per heavy atom. The topological polar surface area (TPSA) is 55.1 Å². The summed E-state index contributed by atoms with van der Waals surface area (Å²) in [6.45, 7) is 4.30. The highest BCUT2D eigenvalue weighted by Gasteiger charge is 2.36. The molecule has 1 aliphatic heterocycles. The van der Waals surface area contributed by atoms with Gasteiger partial charge in [0, 0.05) is 11.8 Å². The highest BCUT2D eigenvalue weighted by Crippen LogP contribution is 2.39. The average molecular weight is 492 g/mol. The number of para-hydroxylation sites is 2. The van der Waals surface area contributed by atoms with Gasteiger partial charge < -0.3 is 14.8 Å². The number of amides is 2. The fraction of sp³-hybridized carbons (Fsp3) is 0.133. The van der Waals surface area contributed by atoms with E-state index in [1.165, 1.54) is 6.07 Å². The lowest BCUT2D eigenvalue weighted by atomic mass is 10.00. The molecule has 0 fully saturated rings. The number of benzene rings is 3. The molecule has 184 valence electrons. The third-order valence-electron chi connectivity index (χ3n) is 6.82. The van der Waals surface area contributed by atoms with Gasteiger partial charge in [-0.05, 0) is 55.8 Å². The van der Waals surface area contributed by atoms with Gasteiger partial charge in [-0.15, -0.1) is 0 Å². The third kappa shape index (κ3) is 3.98. The molecule has 0 saturated carbocycles. The summed E-state index contributed by atoms with van der Waals surface area (Å²) in [5.41, 5.74) is 5.83. The molecule has 37 heavy (non-hydrogen) atoms. The van der Waals surface area contributed by atoms with E-state index < -0.39 is 11.9 Å². The molecule has 1 aliphatic rings. The first-order valence-corrected chi connectivity index (χ1v) is 12.2. The van der Waals surface area contributed by atoms with Crippen molar-refractivity contribution >= 4 is 11.7 Å². The minimum absolute atomic E-state index is 0.145. The number of nitrogens with one attached hydrogen (secondary N) is 1. The average Bonchev–Trinajstić information content (AvgIpc) is 3.46. The minimum atomic E-state index is -0.477. The minimum Gasteiger partial charge on any atom is -0.307 e. The number of anilines is 1. The quantitative estimate of drug-likeness (QED) is 0.311. The zero-order chi connectivity index (χ0) is 25.5. The van der Waals surface area contributed by atoms with Crippen LogP contribution in [0, 0.1) is 19.7 Å². The number of aryl methyl sites for hydroxylation is 2. The monoisotopic (exact) mass is 491 g/mol. The van der Waals surface area contributed by atoms with Crippen LogP contribution in [0.3, 0.4) is 0 Å². The molecule has 6 nitrogen and oxygen atoms in total. The number of nitrogens with zero attached hydrogens (tertiary/aromatic N) is 4. The molecule has 3 aromatic carbocycles. The van der Waals surface area contributed by atoms with Crippen molar-refractivity contribution in [3.8, 4) is 11.5 Å². The first-order valence-electron chi connectivity index (χ1n) is 12.2. The first-order chi connectivity index (χ1) is 18.0. The van der Waals surface area contributed by atoms with Crippen LogP contribution in [0.15, 0.2) is 97.2 Å². The fourth-order valence-corrected chi connectivity index (χ4v) is 5.09. The van der Waals surface area contributed by atoms with Gasteiger partial charge in [-0.1, -0.05) is 60.2 Å². The molecule has 2 amide bonds. The zero-order valence-corrected chi connectivity index (χ0v) is 20.6. The molecule has 0 aliphatic carbocycles. The van der Waals surface area contributed by atoms with Crippen molar-refractivity contribution < 1.29 is 9.18 Å². The third-order valence-corrected chi connectivity index (χ3v) is 6.82. The number of hydrogen-bond acceptors (Lipinski definition) is 2. The van der Waals surface area contributed by atoms with Crippen LogP contribution >= 0.6 is 0 Å². The van der Waals surface area contributed by atoms with Crippen LogP contribution in [0.5, 0.6) is 0 Å². The molecule has 6 rings (SSSR count). The summed E-state index contributed by atoms with van der Waals surface area (Å²) in [7, 11) is 0. The lowest BCUT2D eigenvalue weighted by molar-refractivity contribution is 0.194. The fourth-order valence-electron chi connectivity index (χ4n) is 5.09. The molecule has 5 aromatic rings. The summed E-state index contributed by atoms with van der Waals surface area (Å²) < 4.78 is 18.6. The van der Waals surface area contributed by atoms with E-state index in [1.54, 1.807) is 23.1 Å². The van der Waals surface area contributed by atoms with Crippen molar-refractivity contribution in [1.29, 1.82) is 0 Å². The normalized spacial score (nSPS) is 14.6. The Kier molecular flexibility index (Phi) is 5.60. The van der Waals surface area contributed by atoms with Crippen molar-refractivity contribution in [3.05, 3.63) is 131 Å². The van der Waals surface area contributed by atoms with E-state index in [0.717, 1.165) is 39.6 Å². The summed E-state index contributed by atoms with van der Waals surface area (Å²) in [6.07, 6.45) is 2.01. The second-order valence-corrected chi connectivity index (χ2v) is 9.29. The highest BCUT2D eigenvalue weighted by molar-refractivity contribution is 5.90. The van der Waals surface area contributed by atoms with Gasteiger partial charge in [0.25, 0.3) is 0 Å². The highest BCUT2D eigenvalue weighted by atomic mass is 19.1. The molecule has 1 unspecified atom stereocenters. The summed E-state index contributed by atoms with van der Waals surface area (Å²) in [4.78, 5) is 15.6. The molecule has 0 bridgehead atoms. The molecule has 1 N–H and O–H groups in total. The molecular formula is C30H26FN5O. The number of aromatic nitrogens is 3. The Balaban J connectivity index is 1.55. The molecule has 0 saturated heterocycles. The Bertz CT molecular complexity index is 1600. The number of urea groups is 1. The van der Waals surface area contributed by atoms with Crippen LogP contribution in [-0.2, 0) is 6.54 Å². The Labute approximate surface area is 214 Å². The molecule has 1 atom stereocenters. The largest absolute Gasteiger partial charge is 0.323 e. The van der Waals surface area contributed by atoms with Crippen molar-refractivity contribution in [2.75, 3.05) is 5.32 Å². The maximum absolute atomic E-state index is 14.5. The number of hydrogen-bond donors (Lipinski definition) is 1. The predicted octanol–water partition coefficient (Wildman–Crippen LogP) is 6.56. The summed E-state index contributed by atoms with van der Waals surface area (Å²) >= 11 is 0. The number of carbonyl (C=O) groups is 1. The number of carbonyl (C=O) groups excluding carboxylic acids is 1. The maximum Gasteiger partial charge on any atom is 0.323 e. The lowest BCUT2D eigenvalue weighted by Crippen LogP contribution is -2.38. The van der Waals surface area contributed by atoms with Crippen molar-refractivity contribution in [1.82, 2.24) is 19.2 Å². The summed E-state index contributed by atoms with van der Waals surface area (Å²) in [5.74, 6) is 0.414. The van der Waals surface area contributed by atoms with Crippen molar-refractivity contribution in [2.45, 2.75) is 26.4 Å². The van der Waals surface area contributed by atoms with Gasteiger partial charge >= 0.3 is 6.03 Å². The zero-order valence-electron chi connectivity index (χ0n) is 20.6. The van der Waals surface area contributed by atoms with Gasteiger partial charge in [-0.2, -0.15) is 5.10 Å². The predicted molar refractivity (Wildman–Crippen MR) is 142 cm³/mol. The van der Waals surface area contributed by atoms with Crippen LogP contribution < -0.4 is 5.32 Å². The second kappa shape index (κ2) is 9.09. The van der Waals surface area contributed by atoms with Crippen LogP contribution in [-0.4, -0.2) is 25.3 Å². The van der Waals surface area contributed by atoms with E-state index in [9.17, 15) is 9.18 Å². The molecular weight excluding hydrogens is 465 g/mol. The molecule has 0 radical (unpaired) electrons. The number of rotatable bonds is 3. The molecule has 2 aromatic heterocycles. The molecule has 7 heteroatoms. The van der Waals surface area contributed by atoms with Gasteiger partial charge in [0.05, 0.1) is 35.3 Å². The van der Waals surface area contributed by atoms with E-state index in [-0.39, 0.29) is 11.7 Å².